The van der Waals surface area contributed by atoms with Crippen LogP contribution in [-0.2, 0) is 9.53 Å². The third kappa shape index (κ3) is 7.53. The summed E-state index contributed by atoms with van der Waals surface area (Å²) in [5.41, 5.74) is 3.09. The molecule has 0 saturated heterocycles. The number of hydrazone groups is 1. The molecule has 39 heavy (non-hydrogen) atoms. The van der Waals surface area contributed by atoms with E-state index in [2.05, 4.69) is 20.1 Å². The van der Waals surface area contributed by atoms with Crippen molar-refractivity contribution < 1.29 is 31.8 Å². The van der Waals surface area contributed by atoms with Gasteiger partial charge in [0, 0.05) is 37.0 Å². The lowest BCUT2D eigenvalue weighted by molar-refractivity contribution is -0.103. The SMILES string of the molecule is CC/C(NC)=C1\C=C(N(C)/N=C2/C=CC(OCC(F)F)=N/C2=C(/C=O)c2ccc(OC(F)F)cc2)C=CC1=N. The minimum Gasteiger partial charge on any atom is -0.472 e. The van der Waals surface area contributed by atoms with Gasteiger partial charge in [0.05, 0.1) is 11.4 Å². The van der Waals surface area contributed by atoms with Crippen LogP contribution in [0.25, 0.3) is 5.57 Å². The van der Waals surface area contributed by atoms with Crippen LogP contribution in [0.1, 0.15) is 18.9 Å². The quantitative estimate of drug-likeness (QED) is 0.185. The molecule has 1 aliphatic heterocycles. The van der Waals surface area contributed by atoms with E-state index in [1.165, 1.54) is 41.4 Å². The van der Waals surface area contributed by atoms with Crippen LogP contribution in [0.5, 0.6) is 5.75 Å². The Kier molecular flexibility index (Phi) is 9.96. The van der Waals surface area contributed by atoms with Crippen molar-refractivity contribution in [3.05, 3.63) is 82.9 Å². The summed E-state index contributed by atoms with van der Waals surface area (Å²) < 4.78 is 59.9. The van der Waals surface area contributed by atoms with Crippen LogP contribution < -0.4 is 10.1 Å². The second-order valence-electron chi connectivity index (χ2n) is 8.09. The first kappa shape index (κ1) is 29.1. The fourth-order valence-electron chi connectivity index (χ4n) is 3.72. The molecule has 12 heteroatoms. The average Bonchev–Trinajstić information content (AvgIpc) is 2.91. The van der Waals surface area contributed by atoms with Crippen molar-refractivity contribution in [1.82, 2.24) is 10.3 Å². The Hall–Kier alpha value is -4.48. The fourth-order valence-corrected chi connectivity index (χ4v) is 3.72. The Bertz CT molecular complexity index is 1300. The number of allylic oxidation sites excluding steroid dienone is 7. The molecule has 8 nitrogen and oxygen atoms in total. The largest absolute Gasteiger partial charge is 0.472 e. The summed E-state index contributed by atoms with van der Waals surface area (Å²) >= 11 is 0. The van der Waals surface area contributed by atoms with Gasteiger partial charge in [-0.3, -0.25) is 9.80 Å². The molecule has 0 atom stereocenters. The average molecular weight is 546 g/mol. The zero-order valence-electron chi connectivity index (χ0n) is 21.4. The number of aldehydes is 1. The number of ether oxygens (including phenoxy) is 2. The molecule has 1 aromatic carbocycles. The minimum absolute atomic E-state index is 0.0206. The normalized spacial score (nSPS) is 18.7. The van der Waals surface area contributed by atoms with Gasteiger partial charge in [-0.05, 0) is 48.4 Å². The van der Waals surface area contributed by atoms with E-state index in [0.717, 1.165) is 5.70 Å². The molecular weight excluding hydrogens is 518 g/mol. The molecule has 206 valence electrons. The van der Waals surface area contributed by atoms with Gasteiger partial charge in [0.25, 0.3) is 6.43 Å². The van der Waals surface area contributed by atoms with Crippen molar-refractivity contribution in [2.24, 2.45) is 10.1 Å². The molecule has 1 aliphatic carbocycles. The minimum atomic E-state index is -3.01. The molecule has 0 aromatic heterocycles. The van der Waals surface area contributed by atoms with E-state index in [1.54, 1.807) is 32.3 Å². The maximum absolute atomic E-state index is 12.7. The number of aliphatic imine (C=N–C) groups is 1. The number of hydrogen-bond donors (Lipinski definition) is 2. The Morgan fingerprint density at radius 3 is 2.46 bits per heavy atom. The van der Waals surface area contributed by atoms with Crippen LogP contribution in [0.3, 0.4) is 0 Å². The molecular formula is C27H27F4N5O3. The van der Waals surface area contributed by atoms with Gasteiger partial charge in [-0.2, -0.15) is 13.9 Å². The molecule has 0 saturated carbocycles. The molecule has 0 fully saturated rings. The third-order valence-electron chi connectivity index (χ3n) is 5.58. The molecule has 0 bridgehead atoms. The first-order valence-electron chi connectivity index (χ1n) is 11.8. The van der Waals surface area contributed by atoms with Gasteiger partial charge in [0.1, 0.15) is 17.2 Å². The summed E-state index contributed by atoms with van der Waals surface area (Å²) in [6, 6.07) is 5.31. The number of nitrogens with zero attached hydrogens (tertiary/aromatic N) is 3. The van der Waals surface area contributed by atoms with Crippen LogP contribution in [0.4, 0.5) is 17.6 Å². The van der Waals surface area contributed by atoms with E-state index in [4.69, 9.17) is 10.1 Å². The summed E-state index contributed by atoms with van der Waals surface area (Å²) in [6.07, 6.45) is 6.40. The monoisotopic (exact) mass is 545 g/mol. The summed E-state index contributed by atoms with van der Waals surface area (Å²) in [5.74, 6) is -0.259. The maximum atomic E-state index is 12.7. The smallest absolute Gasteiger partial charge is 0.387 e. The lowest BCUT2D eigenvalue weighted by Gasteiger charge is -2.22. The predicted octanol–water partition coefficient (Wildman–Crippen LogP) is 5.09. The number of hydrogen-bond acceptors (Lipinski definition) is 8. The highest BCUT2D eigenvalue weighted by Gasteiger charge is 2.21. The molecule has 1 heterocycles. The number of carbonyl (C=O) groups is 1. The number of carbonyl (C=O) groups excluding carboxylic acids is 1. The first-order valence-corrected chi connectivity index (χ1v) is 11.8. The maximum Gasteiger partial charge on any atom is 0.387 e. The van der Waals surface area contributed by atoms with Crippen LogP contribution in [0, 0.1) is 5.41 Å². The molecule has 0 amide bonds. The predicted molar refractivity (Wildman–Crippen MR) is 141 cm³/mol. The fraction of sp³-hybridized carbons (Fsp3) is 0.259. The number of halogens is 4. The molecule has 0 unspecified atom stereocenters. The zero-order chi connectivity index (χ0) is 28.5. The Morgan fingerprint density at radius 2 is 1.87 bits per heavy atom. The Labute approximate surface area is 222 Å². The van der Waals surface area contributed by atoms with Crippen LogP contribution in [0.2, 0.25) is 0 Å². The van der Waals surface area contributed by atoms with E-state index in [0.29, 0.717) is 35.3 Å². The van der Waals surface area contributed by atoms with Crippen LogP contribution in [0.15, 0.2) is 87.4 Å². The molecule has 0 radical (unpaired) electrons. The highest BCUT2D eigenvalue weighted by molar-refractivity contribution is 6.25. The molecule has 2 N–H and O–H groups in total. The van der Waals surface area contributed by atoms with Crippen LogP contribution >= 0.6 is 0 Å². The lowest BCUT2D eigenvalue weighted by Crippen LogP contribution is -2.21. The molecule has 2 aliphatic rings. The highest BCUT2D eigenvalue weighted by Crippen LogP contribution is 2.26. The van der Waals surface area contributed by atoms with Gasteiger partial charge in [-0.1, -0.05) is 19.1 Å². The summed E-state index contributed by atoms with van der Waals surface area (Å²) in [7, 11) is 3.44. The van der Waals surface area contributed by atoms with Crippen molar-refractivity contribution in [3.8, 4) is 5.75 Å². The Morgan fingerprint density at radius 1 is 1.15 bits per heavy atom. The van der Waals surface area contributed by atoms with E-state index in [-0.39, 0.29) is 28.6 Å². The van der Waals surface area contributed by atoms with Gasteiger partial charge >= 0.3 is 6.61 Å². The number of likely N-dealkylation sites (N-methyl/N-ethyl adjacent to an activating group) is 1. The first-order chi connectivity index (χ1) is 18.7. The topological polar surface area (TPSA) is 99.4 Å². The van der Waals surface area contributed by atoms with Crippen LogP contribution in [-0.4, -0.2) is 62.4 Å². The zero-order valence-corrected chi connectivity index (χ0v) is 21.4. The second-order valence-corrected chi connectivity index (χ2v) is 8.09. The van der Waals surface area contributed by atoms with Crippen molar-refractivity contribution in [1.29, 1.82) is 5.41 Å². The van der Waals surface area contributed by atoms with Crippen molar-refractivity contribution in [3.63, 3.8) is 0 Å². The van der Waals surface area contributed by atoms with Crippen molar-refractivity contribution in [2.75, 3.05) is 20.7 Å². The van der Waals surface area contributed by atoms with E-state index in [1.807, 2.05) is 6.92 Å². The lowest BCUT2D eigenvalue weighted by atomic mass is 10.00. The summed E-state index contributed by atoms with van der Waals surface area (Å²) in [4.78, 5) is 16.5. The van der Waals surface area contributed by atoms with Crippen molar-refractivity contribution in [2.45, 2.75) is 26.4 Å². The number of benzene rings is 1. The van der Waals surface area contributed by atoms with E-state index >= 15 is 0 Å². The van der Waals surface area contributed by atoms with Gasteiger partial charge in [0.15, 0.2) is 12.9 Å². The van der Waals surface area contributed by atoms with E-state index < -0.39 is 19.6 Å². The molecule has 0 spiro atoms. The van der Waals surface area contributed by atoms with Gasteiger partial charge in [-0.15, -0.1) is 0 Å². The van der Waals surface area contributed by atoms with Gasteiger partial charge in [-0.25, -0.2) is 13.8 Å². The Balaban J connectivity index is 2.07. The second kappa shape index (κ2) is 13.4. The molecule has 1 aromatic rings. The highest BCUT2D eigenvalue weighted by atomic mass is 19.3. The number of nitrogens with one attached hydrogen (secondary N) is 2. The number of alkyl halides is 4. The number of dihydropyridines is 1. The summed E-state index contributed by atoms with van der Waals surface area (Å²) in [6.45, 7) is -1.95. The van der Waals surface area contributed by atoms with Crippen molar-refractivity contribution >= 4 is 29.2 Å². The standard InChI is InChI=1S/C27H27F4N5O3/c1-4-22(33-2)19-13-17(7-10-21(19)32)36(3)35-23-11-12-25(38-15-24(28)29)34-26(23)20(14-37)16-5-8-18(9-6-16)39-27(30)31/h5-14,24,27,32-33H,4,15H2,1-3H3/b22-19-,26-20-,32-21?,35-23-. The molecule has 3 rings (SSSR count). The van der Waals surface area contributed by atoms with Gasteiger partial charge < -0.3 is 20.2 Å². The van der Waals surface area contributed by atoms with E-state index in [9.17, 15) is 22.4 Å². The third-order valence-corrected chi connectivity index (χ3v) is 5.58. The van der Waals surface area contributed by atoms with Gasteiger partial charge in [0.2, 0.25) is 5.90 Å². The number of rotatable bonds is 10. The summed E-state index contributed by atoms with van der Waals surface area (Å²) in [5, 5.41) is 17.4.